The first kappa shape index (κ1) is 19.9. The third-order valence-electron chi connectivity index (χ3n) is 4.19. The Kier molecular flexibility index (Phi) is 6.54. The van der Waals surface area contributed by atoms with E-state index in [1.54, 1.807) is 10.6 Å². The zero-order chi connectivity index (χ0) is 19.4. The molecule has 3 rings (SSSR count). The van der Waals surface area contributed by atoms with Gasteiger partial charge in [-0.1, -0.05) is 29.2 Å². The first-order valence-corrected chi connectivity index (χ1v) is 11.0. The Morgan fingerprint density at radius 2 is 2.07 bits per heavy atom. The van der Waals surface area contributed by atoms with E-state index in [9.17, 15) is 9.59 Å². The molecule has 2 aromatic heterocycles. The van der Waals surface area contributed by atoms with E-state index in [-0.39, 0.29) is 23.3 Å². The van der Waals surface area contributed by atoms with E-state index in [0.717, 1.165) is 31.1 Å². The summed E-state index contributed by atoms with van der Waals surface area (Å²) in [6, 6.07) is 0.0783. The number of fused-ring (bicyclic) bond motifs is 1. The maximum absolute atomic E-state index is 13.0. The molecule has 0 radical (unpaired) electrons. The van der Waals surface area contributed by atoms with E-state index in [1.807, 2.05) is 13.8 Å². The van der Waals surface area contributed by atoms with E-state index >= 15 is 0 Å². The first-order valence-electron chi connectivity index (χ1n) is 9.19. The minimum atomic E-state index is -0.118. The second kappa shape index (κ2) is 8.88. The number of nitrogens with zero attached hydrogens (tertiary/aromatic N) is 4. The third kappa shape index (κ3) is 4.70. The first-order chi connectivity index (χ1) is 13.0. The zero-order valence-corrected chi connectivity index (χ0v) is 17.4. The number of carbonyl (C=O) groups excluding carboxylic acids is 1. The number of thioether (sulfide) groups is 1. The summed E-state index contributed by atoms with van der Waals surface area (Å²) in [7, 11) is 0. The molecule has 0 bridgehead atoms. The monoisotopic (exact) mass is 407 g/mol. The molecule has 0 saturated carbocycles. The Bertz CT molecular complexity index is 884. The molecule has 7 nitrogen and oxygen atoms in total. The molecule has 3 heterocycles. The molecular weight excluding hydrogens is 382 g/mol. The lowest BCUT2D eigenvalue weighted by molar-refractivity contribution is -0.119. The summed E-state index contributed by atoms with van der Waals surface area (Å²) in [6.07, 6.45) is 5.21. The molecule has 1 N–H and O–H groups in total. The topological polar surface area (TPSA) is 80.1 Å². The van der Waals surface area contributed by atoms with Gasteiger partial charge in [0, 0.05) is 25.7 Å². The highest BCUT2D eigenvalue weighted by Gasteiger charge is 2.20. The lowest BCUT2D eigenvalue weighted by atomic mass is 10.1. The SMILES string of the molecule is C=CCn1c(SCC(=O)NC(C)C)nc2nc(N3CCCCC3)sc2c1=O. The molecule has 27 heavy (non-hydrogen) atoms. The van der Waals surface area contributed by atoms with Crippen molar-refractivity contribution < 1.29 is 4.79 Å². The van der Waals surface area contributed by atoms with Gasteiger partial charge < -0.3 is 10.2 Å². The van der Waals surface area contributed by atoms with Gasteiger partial charge >= 0.3 is 0 Å². The number of aromatic nitrogens is 3. The molecule has 1 amide bonds. The molecule has 1 fully saturated rings. The number of hydrogen-bond donors (Lipinski definition) is 1. The summed E-state index contributed by atoms with van der Waals surface area (Å²) in [5, 5.41) is 4.21. The molecule has 0 spiro atoms. The molecule has 0 atom stereocenters. The maximum Gasteiger partial charge on any atom is 0.274 e. The highest BCUT2D eigenvalue weighted by molar-refractivity contribution is 7.99. The number of hydrogen-bond acceptors (Lipinski definition) is 7. The standard InChI is InChI=1S/C18H25N5O2S2/c1-4-8-23-16(25)14-15(20-17(27-14)22-9-6-5-7-10-22)21-18(23)26-11-13(24)19-12(2)3/h4,12H,1,5-11H2,2-3H3,(H,19,24). The number of nitrogens with one attached hydrogen (secondary N) is 1. The summed E-state index contributed by atoms with van der Waals surface area (Å²) in [4.78, 5) is 36.4. The molecule has 1 aliphatic rings. The highest BCUT2D eigenvalue weighted by Crippen LogP contribution is 2.29. The Balaban J connectivity index is 1.91. The molecule has 146 valence electrons. The number of rotatable bonds is 7. The molecule has 0 aromatic carbocycles. The lowest BCUT2D eigenvalue weighted by Crippen LogP contribution is -2.32. The Morgan fingerprint density at radius 1 is 1.33 bits per heavy atom. The van der Waals surface area contributed by atoms with Gasteiger partial charge in [0.1, 0.15) is 4.70 Å². The van der Waals surface area contributed by atoms with Crippen LogP contribution in [0.2, 0.25) is 0 Å². The average molecular weight is 408 g/mol. The minimum Gasteiger partial charge on any atom is -0.353 e. The van der Waals surface area contributed by atoms with E-state index in [1.165, 1.54) is 29.5 Å². The van der Waals surface area contributed by atoms with Gasteiger partial charge in [0.05, 0.1) is 5.75 Å². The van der Waals surface area contributed by atoms with Crippen LogP contribution in [0, 0.1) is 0 Å². The number of piperidine rings is 1. The second-order valence-corrected chi connectivity index (χ2v) is 8.73. The lowest BCUT2D eigenvalue weighted by Gasteiger charge is -2.25. The molecular formula is C18H25N5O2S2. The molecule has 0 unspecified atom stereocenters. The fourth-order valence-electron chi connectivity index (χ4n) is 2.99. The average Bonchev–Trinajstić information content (AvgIpc) is 3.07. The van der Waals surface area contributed by atoms with Crippen LogP contribution >= 0.6 is 23.1 Å². The minimum absolute atomic E-state index is 0.0783. The zero-order valence-electron chi connectivity index (χ0n) is 15.7. The largest absolute Gasteiger partial charge is 0.353 e. The molecule has 1 saturated heterocycles. The van der Waals surface area contributed by atoms with Crippen molar-refractivity contribution >= 4 is 44.5 Å². The Labute approximate surface area is 166 Å². The van der Waals surface area contributed by atoms with Gasteiger partial charge in [-0.25, -0.2) is 4.98 Å². The van der Waals surface area contributed by atoms with E-state index in [2.05, 4.69) is 26.8 Å². The molecule has 0 aliphatic carbocycles. The third-order valence-corrected chi connectivity index (χ3v) is 6.26. The second-order valence-electron chi connectivity index (χ2n) is 6.81. The molecule has 9 heteroatoms. The summed E-state index contributed by atoms with van der Waals surface area (Å²) in [5.74, 6) is 0.123. The van der Waals surface area contributed by atoms with Crippen LogP contribution in [0.3, 0.4) is 0 Å². The van der Waals surface area contributed by atoms with Gasteiger partial charge in [-0.15, -0.1) is 6.58 Å². The molecule has 1 aliphatic heterocycles. The molecule has 2 aromatic rings. The number of carbonyl (C=O) groups is 1. The van der Waals surface area contributed by atoms with Gasteiger partial charge in [0.15, 0.2) is 15.9 Å². The van der Waals surface area contributed by atoms with Crippen molar-refractivity contribution in [1.82, 2.24) is 19.9 Å². The number of anilines is 1. The Hall–Kier alpha value is -1.87. The summed E-state index contributed by atoms with van der Waals surface area (Å²) in [5.41, 5.74) is 0.352. The number of allylic oxidation sites excluding steroid dienone is 1. The van der Waals surface area contributed by atoms with Crippen molar-refractivity contribution in [2.75, 3.05) is 23.7 Å². The van der Waals surface area contributed by atoms with Crippen molar-refractivity contribution in [2.45, 2.75) is 50.9 Å². The number of thiazole rings is 1. The van der Waals surface area contributed by atoms with Crippen LogP contribution in [0.25, 0.3) is 10.3 Å². The predicted molar refractivity (Wildman–Crippen MR) is 112 cm³/mol. The Morgan fingerprint density at radius 3 is 2.74 bits per heavy atom. The maximum atomic E-state index is 13.0. The van der Waals surface area contributed by atoms with Crippen molar-refractivity contribution in [3.63, 3.8) is 0 Å². The van der Waals surface area contributed by atoms with Crippen LogP contribution < -0.4 is 15.8 Å². The summed E-state index contributed by atoms with van der Waals surface area (Å²) >= 11 is 2.66. The summed E-state index contributed by atoms with van der Waals surface area (Å²) < 4.78 is 2.13. The van der Waals surface area contributed by atoms with E-state index < -0.39 is 0 Å². The van der Waals surface area contributed by atoms with E-state index in [0.29, 0.717) is 22.0 Å². The summed E-state index contributed by atoms with van der Waals surface area (Å²) in [6.45, 7) is 9.86. The van der Waals surface area contributed by atoms with Gasteiger partial charge in [0.25, 0.3) is 5.56 Å². The van der Waals surface area contributed by atoms with E-state index in [4.69, 9.17) is 0 Å². The van der Waals surface area contributed by atoms with Gasteiger partial charge in [-0.05, 0) is 33.1 Å². The van der Waals surface area contributed by atoms with Crippen molar-refractivity contribution in [1.29, 1.82) is 0 Å². The van der Waals surface area contributed by atoms with Crippen molar-refractivity contribution in [3.8, 4) is 0 Å². The van der Waals surface area contributed by atoms with Gasteiger partial charge in [-0.3, -0.25) is 14.2 Å². The fraction of sp³-hybridized carbons (Fsp3) is 0.556. The fourth-order valence-corrected chi connectivity index (χ4v) is 4.81. The van der Waals surface area contributed by atoms with Crippen LogP contribution in [0.15, 0.2) is 22.6 Å². The van der Waals surface area contributed by atoms with Crippen molar-refractivity contribution in [3.05, 3.63) is 23.0 Å². The van der Waals surface area contributed by atoms with Gasteiger partial charge in [0.2, 0.25) is 5.91 Å². The highest BCUT2D eigenvalue weighted by atomic mass is 32.2. The van der Waals surface area contributed by atoms with Crippen LogP contribution in [0.4, 0.5) is 5.13 Å². The van der Waals surface area contributed by atoms with Crippen LogP contribution in [0.5, 0.6) is 0 Å². The van der Waals surface area contributed by atoms with Crippen LogP contribution in [-0.4, -0.2) is 45.3 Å². The smallest absolute Gasteiger partial charge is 0.274 e. The van der Waals surface area contributed by atoms with Crippen LogP contribution in [-0.2, 0) is 11.3 Å². The number of amides is 1. The van der Waals surface area contributed by atoms with Gasteiger partial charge in [-0.2, -0.15) is 4.98 Å². The van der Waals surface area contributed by atoms with Crippen LogP contribution in [0.1, 0.15) is 33.1 Å². The quantitative estimate of drug-likeness (QED) is 0.432. The van der Waals surface area contributed by atoms with Crippen molar-refractivity contribution in [2.24, 2.45) is 0 Å². The predicted octanol–water partition coefficient (Wildman–Crippen LogP) is 2.65. The normalized spacial score (nSPS) is 14.7.